The maximum Gasteiger partial charge on any atom is 0.317 e. The number of aryl methyl sites for hydroxylation is 1. The van der Waals surface area contributed by atoms with Crippen LogP contribution in [-0.2, 0) is 11.3 Å². The van der Waals surface area contributed by atoms with Gasteiger partial charge in [-0.25, -0.2) is 0 Å². The van der Waals surface area contributed by atoms with E-state index in [9.17, 15) is 4.79 Å². The number of hydrogen-bond donors (Lipinski definition) is 1. The lowest BCUT2D eigenvalue weighted by atomic mass is 10.3. The summed E-state index contributed by atoms with van der Waals surface area (Å²) < 4.78 is 4.97. The van der Waals surface area contributed by atoms with E-state index in [2.05, 4.69) is 5.16 Å². The summed E-state index contributed by atoms with van der Waals surface area (Å²) in [6.07, 6.45) is 2.43. The van der Waals surface area contributed by atoms with Crippen LogP contribution in [-0.4, -0.2) is 34.2 Å². The lowest BCUT2D eigenvalue weighted by Gasteiger charge is -2.18. The van der Waals surface area contributed by atoms with Crippen molar-refractivity contribution >= 4 is 5.97 Å². The minimum absolute atomic E-state index is 0.0718. The second-order valence-corrected chi connectivity index (χ2v) is 4.44. The van der Waals surface area contributed by atoms with Crippen molar-refractivity contribution in [2.45, 2.75) is 26.3 Å². The van der Waals surface area contributed by atoms with E-state index < -0.39 is 5.97 Å². The summed E-state index contributed by atoms with van der Waals surface area (Å²) in [6.45, 7) is 3.31. The first-order chi connectivity index (χ1) is 7.63. The Labute approximate surface area is 94.0 Å². The number of rotatable bonds is 6. The molecule has 88 valence electrons. The second-order valence-electron chi connectivity index (χ2n) is 4.44. The highest BCUT2D eigenvalue weighted by Gasteiger charge is 2.25. The minimum Gasteiger partial charge on any atom is -0.480 e. The highest BCUT2D eigenvalue weighted by atomic mass is 16.5. The highest BCUT2D eigenvalue weighted by Crippen LogP contribution is 2.30. The van der Waals surface area contributed by atoms with Gasteiger partial charge in [-0.1, -0.05) is 5.16 Å². The molecule has 0 saturated heterocycles. The quantitative estimate of drug-likeness (QED) is 0.788. The molecule has 1 fully saturated rings. The molecule has 0 spiro atoms. The van der Waals surface area contributed by atoms with E-state index in [4.69, 9.17) is 9.63 Å². The van der Waals surface area contributed by atoms with Gasteiger partial charge < -0.3 is 9.63 Å². The Bertz CT molecular complexity index is 371. The van der Waals surface area contributed by atoms with Crippen molar-refractivity contribution < 1.29 is 14.4 Å². The Morgan fingerprint density at radius 2 is 2.44 bits per heavy atom. The maximum absolute atomic E-state index is 10.7. The van der Waals surface area contributed by atoms with Gasteiger partial charge in [-0.3, -0.25) is 9.69 Å². The fraction of sp³-hybridized carbons (Fsp3) is 0.636. The smallest absolute Gasteiger partial charge is 0.317 e. The zero-order valence-electron chi connectivity index (χ0n) is 9.35. The Morgan fingerprint density at radius 1 is 1.69 bits per heavy atom. The molecule has 2 rings (SSSR count). The first kappa shape index (κ1) is 11.1. The predicted octanol–water partition coefficient (Wildman–Crippen LogP) is 1.28. The Hall–Kier alpha value is -1.36. The van der Waals surface area contributed by atoms with Gasteiger partial charge in [0.1, 0.15) is 5.76 Å². The molecule has 1 saturated carbocycles. The standard InChI is InChI=1S/C11H16N2O3/c1-8-4-10(12-16-8)6-13(7-11(14)15)5-9-2-3-9/h4,9H,2-3,5-7H2,1H3,(H,14,15). The molecule has 1 heterocycles. The van der Waals surface area contributed by atoms with Crippen molar-refractivity contribution in [1.29, 1.82) is 0 Å². The van der Waals surface area contributed by atoms with Gasteiger partial charge in [-0.15, -0.1) is 0 Å². The molecule has 1 aromatic heterocycles. The third-order valence-electron chi connectivity index (χ3n) is 2.63. The van der Waals surface area contributed by atoms with Gasteiger partial charge in [0.05, 0.1) is 12.2 Å². The van der Waals surface area contributed by atoms with E-state index in [1.165, 1.54) is 12.8 Å². The summed E-state index contributed by atoms with van der Waals surface area (Å²) in [5.74, 6) is 0.643. The van der Waals surface area contributed by atoms with Crippen molar-refractivity contribution in [3.8, 4) is 0 Å². The molecule has 0 aliphatic heterocycles. The molecule has 0 unspecified atom stereocenters. The number of hydrogen-bond acceptors (Lipinski definition) is 4. The maximum atomic E-state index is 10.7. The van der Waals surface area contributed by atoms with Gasteiger partial charge in [0.2, 0.25) is 0 Å². The van der Waals surface area contributed by atoms with Gasteiger partial charge >= 0.3 is 5.97 Å². The lowest BCUT2D eigenvalue weighted by Crippen LogP contribution is -2.31. The number of carboxylic acids is 1. The van der Waals surface area contributed by atoms with Gasteiger partial charge in [0.15, 0.2) is 0 Å². The zero-order valence-corrected chi connectivity index (χ0v) is 9.35. The normalized spacial score (nSPS) is 15.6. The van der Waals surface area contributed by atoms with Gasteiger partial charge in [-0.05, 0) is 25.7 Å². The average Bonchev–Trinajstić information content (AvgIpc) is 2.89. The van der Waals surface area contributed by atoms with Crippen molar-refractivity contribution in [3.05, 3.63) is 17.5 Å². The number of aliphatic carboxylic acids is 1. The van der Waals surface area contributed by atoms with E-state index in [0.717, 1.165) is 18.0 Å². The van der Waals surface area contributed by atoms with Crippen LogP contribution in [0.25, 0.3) is 0 Å². The van der Waals surface area contributed by atoms with E-state index in [-0.39, 0.29) is 6.54 Å². The summed E-state index contributed by atoms with van der Waals surface area (Å²) in [4.78, 5) is 12.6. The van der Waals surface area contributed by atoms with Crippen LogP contribution in [0.5, 0.6) is 0 Å². The van der Waals surface area contributed by atoms with Gasteiger partial charge in [0, 0.05) is 19.2 Å². The number of aromatic nitrogens is 1. The van der Waals surface area contributed by atoms with Crippen molar-refractivity contribution in [2.24, 2.45) is 5.92 Å². The molecule has 1 N–H and O–H groups in total. The van der Waals surface area contributed by atoms with E-state index in [1.54, 1.807) is 0 Å². The largest absolute Gasteiger partial charge is 0.480 e. The predicted molar refractivity (Wildman–Crippen MR) is 56.9 cm³/mol. The molecule has 0 radical (unpaired) electrons. The van der Waals surface area contributed by atoms with Gasteiger partial charge in [-0.2, -0.15) is 0 Å². The summed E-state index contributed by atoms with van der Waals surface area (Å²) >= 11 is 0. The van der Waals surface area contributed by atoms with Crippen LogP contribution in [0.1, 0.15) is 24.3 Å². The van der Waals surface area contributed by atoms with Crippen LogP contribution in [0, 0.1) is 12.8 Å². The van der Waals surface area contributed by atoms with Gasteiger partial charge in [0.25, 0.3) is 0 Å². The number of nitrogens with zero attached hydrogens (tertiary/aromatic N) is 2. The molecule has 5 heteroatoms. The molecular formula is C11H16N2O3. The molecule has 1 aromatic rings. The monoisotopic (exact) mass is 224 g/mol. The number of carbonyl (C=O) groups is 1. The first-order valence-electron chi connectivity index (χ1n) is 5.50. The first-order valence-corrected chi connectivity index (χ1v) is 5.50. The van der Waals surface area contributed by atoms with Crippen LogP contribution in [0.15, 0.2) is 10.6 Å². The Balaban J connectivity index is 1.91. The van der Waals surface area contributed by atoms with Crippen LogP contribution < -0.4 is 0 Å². The summed E-state index contributed by atoms with van der Waals surface area (Å²) in [5, 5.41) is 12.7. The lowest BCUT2D eigenvalue weighted by molar-refractivity contribution is -0.138. The van der Waals surface area contributed by atoms with Crippen molar-refractivity contribution in [3.63, 3.8) is 0 Å². The number of carboxylic acid groups (broad SMARTS) is 1. The Morgan fingerprint density at radius 3 is 2.94 bits per heavy atom. The third-order valence-corrected chi connectivity index (χ3v) is 2.63. The molecule has 1 aliphatic rings. The van der Waals surface area contributed by atoms with Crippen LogP contribution >= 0.6 is 0 Å². The molecular weight excluding hydrogens is 208 g/mol. The van der Waals surface area contributed by atoms with E-state index in [1.807, 2.05) is 17.9 Å². The summed E-state index contributed by atoms with van der Waals surface area (Å²) in [5.41, 5.74) is 0.805. The fourth-order valence-corrected chi connectivity index (χ4v) is 1.76. The fourth-order valence-electron chi connectivity index (χ4n) is 1.76. The van der Waals surface area contributed by atoms with Crippen molar-refractivity contribution in [1.82, 2.24) is 10.1 Å². The Kier molecular flexibility index (Phi) is 3.24. The molecule has 5 nitrogen and oxygen atoms in total. The topological polar surface area (TPSA) is 66.6 Å². The molecule has 16 heavy (non-hydrogen) atoms. The molecule has 1 aliphatic carbocycles. The summed E-state index contributed by atoms with van der Waals surface area (Å²) in [7, 11) is 0. The van der Waals surface area contributed by atoms with Crippen LogP contribution in [0.2, 0.25) is 0 Å². The molecule has 0 bridgehead atoms. The summed E-state index contributed by atoms with van der Waals surface area (Å²) in [6, 6.07) is 1.85. The van der Waals surface area contributed by atoms with E-state index in [0.29, 0.717) is 12.5 Å². The minimum atomic E-state index is -0.791. The highest BCUT2D eigenvalue weighted by molar-refractivity contribution is 5.69. The van der Waals surface area contributed by atoms with E-state index >= 15 is 0 Å². The molecule has 0 atom stereocenters. The van der Waals surface area contributed by atoms with Crippen LogP contribution in [0.4, 0.5) is 0 Å². The second kappa shape index (κ2) is 4.65. The molecule has 0 aromatic carbocycles. The zero-order chi connectivity index (χ0) is 11.5. The SMILES string of the molecule is Cc1cc(CN(CC(=O)O)CC2CC2)no1. The molecule has 0 amide bonds. The third kappa shape index (κ3) is 3.34. The van der Waals surface area contributed by atoms with Crippen molar-refractivity contribution in [2.75, 3.05) is 13.1 Å². The average molecular weight is 224 g/mol. The van der Waals surface area contributed by atoms with Crippen LogP contribution in [0.3, 0.4) is 0 Å².